The second-order valence-electron chi connectivity index (χ2n) is 4.44. The van der Waals surface area contributed by atoms with E-state index in [-0.39, 0.29) is 23.5 Å². The first-order valence-electron chi connectivity index (χ1n) is 6.28. The second kappa shape index (κ2) is 7.05. The number of hydrogen-bond donors (Lipinski definition) is 1. The number of rotatable bonds is 8. The molecule has 2 unspecified atom stereocenters. The quantitative estimate of drug-likeness (QED) is 0.656. The maximum Gasteiger partial charge on any atom is 0.221 e. The van der Waals surface area contributed by atoms with Crippen LogP contribution in [0.25, 0.3) is 0 Å². The molecule has 0 heterocycles. The number of Topliss-reactive ketones (excluding diaryl/α,β-unsaturated/α-hetero) is 1. The Morgan fingerprint density at radius 2 is 1.88 bits per heavy atom. The van der Waals surface area contributed by atoms with Crippen LogP contribution in [0.5, 0.6) is 0 Å². The van der Waals surface area contributed by atoms with Crippen LogP contribution in [0.1, 0.15) is 39.0 Å². The Morgan fingerprint density at radius 3 is 2.47 bits per heavy atom. The maximum absolute atomic E-state index is 11.6. The Hall–Kier alpha value is -1.38. The number of carbonyl (C=O) groups is 2. The SMILES string of the molecule is CC/C=C/C/C=C/CCC(=O)C1CC1C(N)=O. The number of allylic oxidation sites excluding steroid dienone is 4. The van der Waals surface area contributed by atoms with Gasteiger partial charge in [0.15, 0.2) is 0 Å². The minimum Gasteiger partial charge on any atom is -0.369 e. The number of amides is 1. The molecular formula is C14H21NO2. The summed E-state index contributed by atoms with van der Waals surface area (Å²) in [5, 5.41) is 0. The van der Waals surface area contributed by atoms with Gasteiger partial charge in [-0.25, -0.2) is 0 Å². The van der Waals surface area contributed by atoms with E-state index in [9.17, 15) is 9.59 Å². The number of nitrogens with two attached hydrogens (primary N) is 1. The molecule has 1 rings (SSSR count). The molecule has 0 aromatic carbocycles. The van der Waals surface area contributed by atoms with E-state index in [2.05, 4.69) is 25.2 Å². The van der Waals surface area contributed by atoms with E-state index in [1.165, 1.54) is 0 Å². The lowest BCUT2D eigenvalue weighted by molar-refractivity contribution is -0.124. The number of primary amides is 1. The van der Waals surface area contributed by atoms with E-state index in [1.807, 2.05) is 6.08 Å². The van der Waals surface area contributed by atoms with Crippen molar-refractivity contribution < 1.29 is 9.59 Å². The lowest BCUT2D eigenvalue weighted by atomic mass is 10.1. The van der Waals surface area contributed by atoms with Crippen molar-refractivity contribution in [1.82, 2.24) is 0 Å². The monoisotopic (exact) mass is 235 g/mol. The molecule has 0 bridgehead atoms. The number of carbonyl (C=O) groups excluding carboxylic acids is 2. The molecule has 2 atom stereocenters. The highest BCUT2D eigenvalue weighted by Crippen LogP contribution is 2.39. The molecule has 1 aliphatic rings. The van der Waals surface area contributed by atoms with E-state index in [0.717, 1.165) is 19.3 Å². The van der Waals surface area contributed by atoms with E-state index in [1.54, 1.807) is 0 Å². The minimum atomic E-state index is -0.330. The molecule has 2 N–H and O–H groups in total. The topological polar surface area (TPSA) is 60.2 Å². The van der Waals surface area contributed by atoms with Crippen LogP contribution in [0.4, 0.5) is 0 Å². The smallest absolute Gasteiger partial charge is 0.221 e. The second-order valence-corrected chi connectivity index (χ2v) is 4.44. The lowest BCUT2D eigenvalue weighted by Crippen LogP contribution is -2.16. The Balaban J connectivity index is 2.09. The van der Waals surface area contributed by atoms with E-state index >= 15 is 0 Å². The van der Waals surface area contributed by atoms with Gasteiger partial charge in [-0.15, -0.1) is 0 Å². The summed E-state index contributed by atoms with van der Waals surface area (Å²) in [7, 11) is 0. The summed E-state index contributed by atoms with van der Waals surface area (Å²) >= 11 is 0. The molecule has 94 valence electrons. The molecule has 17 heavy (non-hydrogen) atoms. The van der Waals surface area contributed by atoms with Crippen molar-refractivity contribution in [2.75, 3.05) is 0 Å². The van der Waals surface area contributed by atoms with Crippen LogP contribution in [-0.2, 0) is 9.59 Å². The van der Waals surface area contributed by atoms with Gasteiger partial charge in [-0.3, -0.25) is 9.59 Å². The van der Waals surface area contributed by atoms with Crippen LogP contribution in [0.3, 0.4) is 0 Å². The third-order valence-electron chi connectivity index (χ3n) is 2.97. The molecule has 3 heteroatoms. The molecule has 3 nitrogen and oxygen atoms in total. The number of ketones is 1. The fourth-order valence-corrected chi connectivity index (χ4v) is 1.83. The molecular weight excluding hydrogens is 214 g/mol. The summed E-state index contributed by atoms with van der Waals surface area (Å²) in [6.07, 6.45) is 12.3. The van der Waals surface area contributed by atoms with Gasteiger partial charge >= 0.3 is 0 Å². The van der Waals surface area contributed by atoms with Crippen LogP contribution in [0.2, 0.25) is 0 Å². The molecule has 0 aromatic rings. The fraction of sp³-hybridized carbons (Fsp3) is 0.571. The molecule has 1 saturated carbocycles. The van der Waals surface area contributed by atoms with Gasteiger partial charge in [0.05, 0.1) is 0 Å². The zero-order chi connectivity index (χ0) is 12.7. The van der Waals surface area contributed by atoms with Gasteiger partial charge in [-0.1, -0.05) is 31.2 Å². The average molecular weight is 235 g/mol. The van der Waals surface area contributed by atoms with Crippen LogP contribution < -0.4 is 5.73 Å². The molecule has 1 fully saturated rings. The molecule has 0 radical (unpaired) electrons. The molecule has 0 spiro atoms. The van der Waals surface area contributed by atoms with Gasteiger partial charge in [-0.05, 0) is 25.7 Å². The van der Waals surface area contributed by atoms with Gasteiger partial charge in [0.25, 0.3) is 0 Å². The maximum atomic E-state index is 11.6. The van der Waals surface area contributed by atoms with Crippen LogP contribution in [-0.4, -0.2) is 11.7 Å². The third kappa shape index (κ3) is 4.98. The highest BCUT2D eigenvalue weighted by atomic mass is 16.1. The van der Waals surface area contributed by atoms with E-state index in [0.29, 0.717) is 12.8 Å². The molecule has 1 aliphatic carbocycles. The van der Waals surface area contributed by atoms with Crippen molar-refractivity contribution in [3.8, 4) is 0 Å². The van der Waals surface area contributed by atoms with Gasteiger partial charge in [-0.2, -0.15) is 0 Å². The molecule has 0 aromatic heterocycles. The zero-order valence-electron chi connectivity index (χ0n) is 10.4. The van der Waals surface area contributed by atoms with Crippen LogP contribution in [0.15, 0.2) is 24.3 Å². The van der Waals surface area contributed by atoms with Crippen LogP contribution >= 0.6 is 0 Å². The Kier molecular flexibility index (Phi) is 5.67. The normalized spacial score (nSPS) is 23.4. The highest BCUT2D eigenvalue weighted by molar-refractivity contribution is 5.92. The molecule has 1 amide bonds. The van der Waals surface area contributed by atoms with Gasteiger partial charge in [0.2, 0.25) is 5.91 Å². The largest absolute Gasteiger partial charge is 0.369 e. The Morgan fingerprint density at radius 1 is 1.18 bits per heavy atom. The first-order valence-corrected chi connectivity index (χ1v) is 6.28. The van der Waals surface area contributed by atoms with Crippen molar-refractivity contribution in [3.05, 3.63) is 24.3 Å². The summed E-state index contributed by atoms with van der Waals surface area (Å²) in [5.41, 5.74) is 5.14. The van der Waals surface area contributed by atoms with Crippen molar-refractivity contribution in [2.45, 2.75) is 39.0 Å². The predicted octanol–water partition coefficient (Wildman–Crippen LogP) is 2.37. The Bertz CT molecular complexity index is 331. The fourth-order valence-electron chi connectivity index (χ4n) is 1.83. The standard InChI is InChI=1S/C14H21NO2/c1-2-3-4-5-6-7-8-9-13(16)11-10-12(11)14(15)17/h3-4,6-7,11-12H,2,5,8-10H2,1H3,(H2,15,17)/b4-3+,7-6+. The first kappa shape index (κ1) is 13.7. The number of hydrogen-bond acceptors (Lipinski definition) is 2. The summed E-state index contributed by atoms with van der Waals surface area (Å²) in [4.78, 5) is 22.4. The summed E-state index contributed by atoms with van der Waals surface area (Å²) < 4.78 is 0. The van der Waals surface area contributed by atoms with Gasteiger partial charge in [0.1, 0.15) is 5.78 Å². The first-order chi connectivity index (χ1) is 8.16. The van der Waals surface area contributed by atoms with Crippen molar-refractivity contribution >= 4 is 11.7 Å². The van der Waals surface area contributed by atoms with Gasteiger partial charge < -0.3 is 5.73 Å². The predicted molar refractivity (Wildman–Crippen MR) is 68.2 cm³/mol. The van der Waals surface area contributed by atoms with Gasteiger partial charge in [0, 0.05) is 18.3 Å². The van der Waals surface area contributed by atoms with Crippen molar-refractivity contribution in [1.29, 1.82) is 0 Å². The molecule has 0 saturated heterocycles. The van der Waals surface area contributed by atoms with Crippen molar-refractivity contribution in [3.63, 3.8) is 0 Å². The third-order valence-corrected chi connectivity index (χ3v) is 2.97. The van der Waals surface area contributed by atoms with E-state index in [4.69, 9.17) is 5.73 Å². The Labute approximate surface area is 103 Å². The summed E-state index contributed by atoms with van der Waals surface area (Å²) in [6, 6.07) is 0. The highest BCUT2D eigenvalue weighted by Gasteiger charge is 2.45. The lowest BCUT2D eigenvalue weighted by Gasteiger charge is -1.95. The minimum absolute atomic E-state index is 0.0825. The van der Waals surface area contributed by atoms with Crippen molar-refractivity contribution in [2.24, 2.45) is 17.6 Å². The average Bonchev–Trinajstić information content (AvgIpc) is 3.07. The summed E-state index contributed by atoms with van der Waals surface area (Å²) in [6.45, 7) is 2.10. The molecule has 0 aliphatic heterocycles. The van der Waals surface area contributed by atoms with E-state index < -0.39 is 0 Å². The van der Waals surface area contributed by atoms with Crippen LogP contribution in [0, 0.1) is 11.8 Å². The summed E-state index contributed by atoms with van der Waals surface area (Å²) in [5.74, 6) is -0.411. The zero-order valence-corrected chi connectivity index (χ0v) is 10.4.